The third-order valence-electron chi connectivity index (χ3n) is 7.43. The lowest BCUT2D eigenvalue weighted by Gasteiger charge is -2.28. The molecule has 2 atom stereocenters. The third-order valence-corrected chi connectivity index (χ3v) is 8.62. The summed E-state index contributed by atoms with van der Waals surface area (Å²) in [6.45, 7) is 9.65. The fraction of sp³-hybridized carbons (Fsp3) is 0.414. The summed E-state index contributed by atoms with van der Waals surface area (Å²) in [4.78, 5) is 17.7. The van der Waals surface area contributed by atoms with E-state index in [1.165, 1.54) is 23.3 Å². The summed E-state index contributed by atoms with van der Waals surface area (Å²) >= 11 is 1.72. The number of aromatic nitrogens is 2. The summed E-state index contributed by atoms with van der Waals surface area (Å²) in [7, 11) is 0. The molecule has 3 fully saturated rings. The highest BCUT2D eigenvalue weighted by Gasteiger charge is 2.40. The number of ether oxygens (including phenoxy) is 2. The first-order valence-electron chi connectivity index (χ1n) is 13.1. The summed E-state index contributed by atoms with van der Waals surface area (Å²) in [6.07, 6.45) is 13.4. The highest BCUT2D eigenvalue weighted by Crippen LogP contribution is 2.43. The lowest BCUT2D eigenvalue weighted by Crippen LogP contribution is -2.40. The maximum atomic E-state index is 6.33. The van der Waals surface area contributed by atoms with Crippen LogP contribution in [0.5, 0.6) is 5.75 Å². The Kier molecular flexibility index (Phi) is 6.78. The van der Waals surface area contributed by atoms with Crippen LogP contribution < -0.4 is 15.0 Å². The van der Waals surface area contributed by atoms with Gasteiger partial charge < -0.3 is 19.7 Å². The SMILES string of the molecule is C=C1CCCC[C@H]1N=C1NC2(C)CC=C(Oc3ccnc(-c4ccnc(N5CCOCC5)c4)c3)C=C2S1. The summed E-state index contributed by atoms with van der Waals surface area (Å²) in [5.74, 6) is 2.57. The topological polar surface area (TPSA) is 71.9 Å². The maximum Gasteiger partial charge on any atom is 0.162 e. The van der Waals surface area contributed by atoms with Gasteiger partial charge in [-0.1, -0.05) is 30.3 Å². The number of anilines is 1. The Morgan fingerprint density at radius 2 is 2.05 bits per heavy atom. The first-order chi connectivity index (χ1) is 18.1. The Bertz CT molecular complexity index is 1280. The Labute approximate surface area is 222 Å². The molecule has 2 aliphatic heterocycles. The molecule has 4 heterocycles. The van der Waals surface area contributed by atoms with Crippen molar-refractivity contribution >= 4 is 22.7 Å². The second-order valence-electron chi connectivity index (χ2n) is 10.2. The number of hydrogen-bond acceptors (Lipinski definition) is 7. The molecule has 0 bridgehead atoms. The molecule has 4 aliphatic rings. The van der Waals surface area contributed by atoms with E-state index < -0.39 is 0 Å². The first kappa shape index (κ1) is 24.2. The molecular weight excluding hydrogens is 482 g/mol. The molecule has 1 unspecified atom stereocenters. The van der Waals surface area contributed by atoms with Crippen LogP contribution >= 0.6 is 11.8 Å². The van der Waals surface area contributed by atoms with Gasteiger partial charge in [0.25, 0.3) is 0 Å². The van der Waals surface area contributed by atoms with Crippen LogP contribution in [0.25, 0.3) is 11.3 Å². The van der Waals surface area contributed by atoms with E-state index in [9.17, 15) is 0 Å². The zero-order valence-electron chi connectivity index (χ0n) is 21.3. The number of nitrogens with zero attached hydrogens (tertiary/aromatic N) is 4. The molecule has 0 spiro atoms. The van der Waals surface area contributed by atoms with Crippen LogP contribution in [0.4, 0.5) is 5.82 Å². The van der Waals surface area contributed by atoms with E-state index in [-0.39, 0.29) is 11.6 Å². The number of hydrogen-bond donors (Lipinski definition) is 1. The van der Waals surface area contributed by atoms with Crippen molar-refractivity contribution in [1.29, 1.82) is 0 Å². The third kappa shape index (κ3) is 5.31. The predicted molar refractivity (Wildman–Crippen MR) is 150 cm³/mol. The number of allylic oxidation sites excluding steroid dienone is 1. The van der Waals surface area contributed by atoms with Gasteiger partial charge >= 0.3 is 0 Å². The van der Waals surface area contributed by atoms with Crippen LogP contribution in [0.2, 0.25) is 0 Å². The molecule has 0 aromatic carbocycles. The second-order valence-corrected chi connectivity index (χ2v) is 11.2. The van der Waals surface area contributed by atoms with Crippen molar-refractivity contribution in [2.75, 3.05) is 31.2 Å². The quantitative estimate of drug-likeness (QED) is 0.529. The number of nitrogens with one attached hydrogen (secondary N) is 1. The van der Waals surface area contributed by atoms with Crippen molar-refractivity contribution in [3.05, 3.63) is 71.6 Å². The molecule has 2 aromatic rings. The van der Waals surface area contributed by atoms with Crippen molar-refractivity contribution < 1.29 is 9.47 Å². The van der Waals surface area contributed by atoms with Crippen LogP contribution in [0.1, 0.15) is 39.0 Å². The van der Waals surface area contributed by atoms with Gasteiger partial charge in [0.15, 0.2) is 5.17 Å². The Balaban J connectivity index is 1.16. The molecule has 2 saturated heterocycles. The van der Waals surface area contributed by atoms with E-state index in [0.717, 1.165) is 79.3 Å². The standard InChI is InChI=1S/C29H33N5O2S/c1-20-5-3-4-6-24(20)32-28-33-29(2)10-7-22(19-26(29)37-28)36-23-9-12-30-25(18-23)21-8-11-31-27(17-21)34-13-15-35-16-14-34/h7-9,11-12,17-19,24H,1,3-6,10,13-16H2,2H3,(H,32,33)/t24-,29?/m1/s1. The molecule has 6 rings (SSSR count). The molecule has 0 radical (unpaired) electrons. The molecule has 2 aliphatic carbocycles. The van der Waals surface area contributed by atoms with Gasteiger partial charge in [-0.05, 0) is 63.0 Å². The predicted octanol–water partition coefficient (Wildman–Crippen LogP) is 5.48. The normalized spacial score (nSPS) is 26.8. The largest absolute Gasteiger partial charge is 0.458 e. The van der Waals surface area contributed by atoms with E-state index >= 15 is 0 Å². The van der Waals surface area contributed by atoms with Crippen molar-refractivity contribution in [1.82, 2.24) is 15.3 Å². The number of pyridine rings is 2. The van der Waals surface area contributed by atoms with Gasteiger partial charge in [0.1, 0.15) is 17.3 Å². The molecular formula is C29H33N5O2S. The minimum absolute atomic E-state index is 0.136. The lowest BCUT2D eigenvalue weighted by molar-refractivity contribution is 0.122. The zero-order valence-corrected chi connectivity index (χ0v) is 22.1. The van der Waals surface area contributed by atoms with Gasteiger partial charge in [0, 0.05) is 42.0 Å². The second kappa shape index (κ2) is 10.3. The average Bonchev–Trinajstić information content (AvgIpc) is 3.26. The van der Waals surface area contributed by atoms with Gasteiger partial charge in [0.05, 0.1) is 30.5 Å². The van der Waals surface area contributed by atoms with E-state index in [1.807, 2.05) is 24.4 Å². The smallest absolute Gasteiger partial charge is 0.162 e. The molecule has 0 amide bonds. The number of morpholine rings is 1. The molecule has 37 heavy (non-hydrogen) atoms. The highest BCUT2D eigenvalue weighted by atomic mass is 32.2. The molecule has 8 heteroatoms. The van der Waals surface area contributed by atoms with Gasteiger partial charge in [-0.3, -0.25) is 9.98 Å². The summed E-state index contributed by atoms with van der Waals surface area (Å²) < 4.78 is 11.8. The highest BCUT2D eigenvalue weighted by molar-refractivity contribution is 8.17. The van der Waals surface area contributed by atoms with Crippen molar-refractivity contribution in [2.24, 2.45) is 4.99 Å². The summed E-state index contributed by atoms with van der Waals surface area (Å²) in [5.41, 5.74) is 3.01. The van der Waals surface area contributed by atoms with Crippen molar-refractivity contribution in [2.45, 2.75) is 50.6 Å². The minimum Gasteiger partial charge on any atom is -0.458 e. The molecule has 1 saturated carbocycles. The van der Waals surface area contributed by atoms with Crippen molar-refractivity contribution in [3.63, 3.8) is 0 Å². The fourth-order valence-corrected chi connectivity index (χ4v) is 6.37. The molecule has 2 aromatic heterocycles. The zero-order chi connectivity index (χ0) is 25.2. The lowest BCUT2D eigenvalue weighted by atomic mass is 9.91. The van der Waals surface area contributed by atoms with Gasteiger partial charge in [-0.2, -0.15) is 0 Å². The van der Waals surface area contributed by atoms with Crippen LogP contribution in [0, 0.1) is 0 Å². The number of rotatable bonds is 5. The van der Waals surface area contributed by atoms with E-state index in [4.69, 9.17) is 14.5 Å². The van der Waals surface area contributed by atoms with Crippen LogP contribution in [-0.2, 0) is 4.74 Å². The minimum atomic E-state index is -0.136. The number of thioether (sulfide) groups is 1. The first-order valence-corrected chi connectivity index (χ1v) is 13.9. The molecule has 7 nitrogen and oxygen atoms in total. The monoisotopic (exact) mass is 515 g/mol. The van der Waals surface area contributed by atoms with Crippen molar-refractivity contribution in [3.8, 4) is 17.0 Å². The number of amidine groups is 1. The maximum absolute atomic E-state index is 6.33. The van der Waals surface area contributed by atoms with Crippen LogP contribution in [-0.4, -0.2) is 53.0 Å². The van der Waals surface area contributed by atoms with E-state index in [1.54, 1.807) is 18.0 Å². The number of aliphatic imine (C=N–C) groups is 1. The summed E-state index contributed by atoms with van der Waals surface area (Å²) in [5, 5.41) is 4.66. The number of fused-ring (bicyclic) bond motifs is 1. The van der Waals surface area contributed by atoms with E-state index in [2.05, 4.69) is 51.9 Å². The van der Waals surface area contributed by atoms with Gasteiger partial charge in [-0.15, -0.1) is 0 Å². The van der Waals surface area contributed by atoms with Crippen LogP contribution in [0.3, 0.4) is 0 Å². The van der Waals surface area contributed by atoms with Crippen LogP contribution in [0.15, 0.2) is 76.6 Å². The summed E-state index contributed by atoms with van der Waals surface area (Å²) in [6, 6.07) is 8.22. The Hall–Kier alpha value is -3.10. The van der Waals surface area contributed by atoms with Gasteiger partial charge in [0.2, 0.25) is 0 Å². The Morgan fingerprint density at radius 1 is 1.19 bits per heavy atom. The molecule has 192 valence electrons. The van der Waals surface area contributed by atoms with E-state index in [0.29, 0.717) is 0 Å². The molecule has 1 N–H and O–H groups in total. The van der Waals surface area contributed by atoms with Gasteiger partial charge in [-0.25, -0.2) is 4.98 Å². The average molecular weight is 516 g/mol. The Morgan fingerprint density at radius 3 is 2.92 bits per heavy atom. The fourth-order valence-electron chi connectivity index (χ4n) is 5.17.